The van der Waals surface area contributed by atoms with Crippen LogP contribution in [0.15, 0.2) is 34.7 Å². The van der Waals surface area contributed by atoms with Crippen molar-refractivity contribution >= 4 is 29.1 Å². The number of methoxy groups -OCH3 is 1. The molecule has 1 aromatic carbocycles. The van der Waals surface area contributed by atoms with Crippen LogP contribution in [0.3, 0.4) is 0 Å². The van der Waals surface area contributed by atoms with E-state index < -0.39 is 5.54 Å². The maximum absolute atomic E-state index is 12.4. The number of nitrogens with zero attached hydrogens (tertiary/aromatic N) is 2. The monoisotopic (exact) mass is 323 g/mol. The quantitative estimate of drug-likeness (QED) is 0.650. The summed E-state index contributed by atoms with van der Waals surface area (Å²) in [4.78, 5) is 12.4. The standard InChI is InChI=1S/C14H17N3O2S2/c1-10-16-17-13(21-10)20-9-14(15-2,12(18)19-3)11-7-5-4-6-8-11/h4-8,15H,9H2,1-3H3. The second-order valence-electron chi connectivity index (χ2n) is 4.39. The molecular weight excluding hydrogens is 306 g/mol. The van der Waals surface area contributed by atoms with Crippen LogP contribution in [0.4, 0.5) is 0 Å². The maximum Gasteiger partial charge on any atom is 0.331 e. The molecule has 2 rings (SSSR count). The molecule has 0 aliphatic carbocycles. The van der Waals surface area contributed by atoms with Crippen LogP contribution in [0.5, 0.6) is 0 Å². The Hall–Kier alpha value is -1.44. The zero-order chi connectivity index (χ0) is 15.3. The minimum atomic E-state index is -0.903. The van der Waals surface area contributed by atoms with Crippen molar-refractivity contribution in [1.29, 1.82) is 0 Å². The van der Waals surface area contributed by atoms with E-state index in [1.807, 2.05) is 37.3 Å². The van der Waals surface area contributed by atoms with Gasteiger partial charge in [-0.2, -0.15) is 0 Å². The van der Waals surface area contributed by atoms with Crippen LogP contribution >= 0.6 is 23.1 Å². The second-order valence-corrected chi connectivity index (χ2v) is 6.79. The fourth-order valence-electron chi connectivity index (χ4n) is 1.98. The molecule has 0 aliphatic heterocycles. The number of nitrogens with one attached hydrogen (secondary N) is 1. The number of hydrogen-bond acceptors (Lipinski definition) is 7. The predicted molar refractivity (Wildman–Crippen MR) is 84.6 cm³/mol. The number of esters is 1. The highest BCUT2D eigenvalue weighted by Gasteiger charge is 2.40. The molecule has 0 spiro atoms. The number of aromatic nitrogens is 2. The van der Waals surface area contributed by atoms with Crippen molar-refractivity contribution in [2.24, 2.45) is 0 Å². The first-order chi connectivity index (χ1) is 10.1. The summed E-state index contributed by atoms with van der Waals surface area (Å²) in [6, 6.07) is 9.56. The molecule has 0 radical (unpaired) electrons. The fraction of sp³-hybridized carbons (Fsp3) is 0.357. The Kier molecular flexibility index (Phi) is 5.33. The minimum absolute atomic E-state index is 0.315. The lowest BCUT2D eigenvalue weighted by atomic mass is 9.92. The lowest BCUT2D eigenvalue weighted by Gasteiger charge is -2.30. The molecule has 0 bridgehead atoms. The highest BCUT2D eigenvalue weighted by Crippen LogP contribution is 2.32. The number of ether oxygens (including phenoxy) is 1. The van der Waals surface area contributed by atoms with E-state index in [0.29, 0.717) is 5.75 Å². The van der Waals surface area contributed by atoms with Gasteiger partial charge in [0.25, 0.3) is 0 Å². The Balaban J connectivity index is 2.29. The topological polar surface area (TPSA) is 64.1 Å². The first kappa shape index (κ1) is 15.9. The molecule has 0 fully saturated rings. The van der Waals surface area contributed by atoms with Gasteiger partial charge in [-0.25, -0.2) is 4.79 Å². The van der Waals surface area contributed by atoms with Gasteiger partial charge in [0, 0.05) is 5.75 Å². The van der Waals surface area contributed by atoms with Crippen LogP contribution in [-0.2, 0) is 15.1 Å². The van der Waals surface area contributed by atoms with Gasteiger partial charge >= 0.3 is 5.97 Å². The lowest BCUT2D eigenvalue weighted by Crippen LogP contribution is -2.50. The van der Waals surface area contributed by atoms with Gasteiger partial charge in [0.05, 0.1) is 7.11 Å². The molecule has 0 amide bonds. The zero-order valence-electron chi connectivity index (χ0n) is 12.1. The average molecular weight is 323 g/mol. The normalized spacial score (nSPS) is 13.7. The summed E-state index contributed by atoms with van der Waals surface area (Å²) in [5.74, 6) is 0.166. The van der Waals surface area contributed by atoms with Crippen molar-refractivity contribution in [2.75, 3.05) is 19.9 Å². The summed E-state index contributed by atoms with van der Waals surface area (Å²) in [6.07, 6.45) is 0. The highest BCUT2D eigenvalue weighted by molar-refractivity contribution is 8.01. The SMILES string of the molecule is CNC(CSc1nnc(C)s1)(C(=O)OC)c1ccccc1. The van der Waals surface area contributed by atoms with Crippen LogP contribution in [-0.4, -0.2) is 36.1 Å². The average Bonchev–Trinajstić information content (AvgIpc) is 2.94. The predicted octanol–water partition coefficient (Wildman–Crippen LogP) is 2.23. The van der Waals surface area contributed by atoms with Crippen LogP contribution < -0.4 is 5.32 Å². The number of aryl methyl sites for hydroxylation is 1. The van der Waals surface area contributed by atoms with Gasteiger partial charge < -0.3 is 10.1 Å². The van der Waals surface area contributed by atoms with Gasteiger partial charge in [-0.1, -0.05) is 53.4 Å². The van der Waals surface area contributed by atoms with Crippen molar-refractivity contribution < 1.29 is 9.53 Å². The third-order valence-electron chi connectivity index (χ3n) is 3.15. The minimum Gasteiger partial charge on any atom is -0.467 e. The number of benzene rings is 1. The van der Waals surface area contributed by atoms with Gasteiger partial charge in [0.1, 0.15) is 5.01 Å². The van der Waals surface area contributed by atoms with E-state index in [-0.39, 0.29) is 5.97 Å². The van der Waals surface area contributed by atoms with Gasteiger partial charge in [-0.3, -0.25) is 0 Å². The van der Waals surface area contributed by atoms with E-state index in [0.717, 1.165) is 14.9 Å². The number of thioether (sulfide) groups is 1. The van der Waals surface area contributed by atoms with Crippen molar-refractivity contribution in [1.82, 2.24) is 15.5 Å². The number of rotatable bonds is 6. The van der Waals surface area contributed by atoms with Gasteiger partial charge in [0.2, 0.25) is 0 Å². The van der Waals surface area contributed by atoms with Crippen molar-refractivity contribution in [2.45, 2.75) is 16.8 Å². The van der Waals surface area contributed by atoms with E-state index >= 15 is 0 Å². The molecule has 112 valence electrons. The van der Waals surface area contributed by atoms with Gasteiger partial charge in [-0.15, -0.1) is 10.2 Å². The summed E-state index contributed by atoms with van der Waals surface area (Å²) < 4.78 is 5.85. The van der Waals surface area contributed by atoms with Crippen molar-refractivity contribution in [3.05, 3.63) is 40.9 Å². The third-order valence-corrected chi connectivity index (χ3v) is 5.29. The molecule has 0 aliphatic rings. The molecule has 1 aromatic heterocycles. The number of carbonyl (C=O) groups excluding carboxylic acids is 1. The number of carbonyl (C=O) groups is 1. The van der Waals surface area contributed by atoms with Crippen LogP contribution in [0, 0.1) is 6.92 Å². The van der Waals surface area contributed by atoms with Crippen LogP contribution in [0.2, 0.25) is 0 Å². The summed E-state index contributed by atoms with van der Waals surface area (Å²) in [6.45, 7) is 1.91. The molecule has 1 heterocycles. The zero-order valence-corrected chi connectivity index (χ0v) is 13.8. The molecular formula is C14H17N3O2S2. The van der Waals surface area contributed by atoms with E-state index in [1.165, 1.54) is 30.2 Å². The number of hydrogen-bond donors (Lipinski definition) is 1. The summed E-state index contributed by atoms with van der Waals surface area (Å²) >= 11 is 3.01. The smallest absolute Gasteiger partial charge is 0.331 e. The second kappa shape index (κ2) is 7.02. The Morgan fingerprint density at radius 3 is 2.62 bits per heavy atom. The molecule has 21 heavy (non-hydrogen) atoms. The number of likely N-dealkylation sites (N-methyl/N-ethyl adjacent to an activating group) is 1. The summed E-state index contributed by atoms with van der Waals surface area (Å²) in [5.41, 5.74) is -0.0339. The molecule has 2 aromatic rings. The van der Waals surface area contributed by atoms with Gasteiger partial charge in [-0.05, 0) is 19.5 Å². The van der Waals surface area contributed by atoms with Crippen molar-refractivity contribution in [3.8, 4) is 0 Å². The van der Waals surface area contributed by atoms with Gasteiger partial charge in [0.15, 0.2) is 9.88 Å². The van der Waals surface area contributed by atoms with E-state index in [1.54, 1.807) is 7.05 Å². The summed E-state index contributed by atoms with van der Waals surface area (Å²) in [7, 11) is 3.16. The van der Waals surface area contributed by atoms with E-state index in [4.69, 9.17) is 4.74 Å². The molecule has 1 N–H and O–H groups in total. The van der Waals surface area contributed by atoms with Crippen LogP contribution in [0.1, 0.15) is 10.6 Å². The van der Waals surface area contributed by atoms with E-state index in [2.05, 4.69) is 15.5 Å². The Bertz CT molecular complexity index is 603. The summed E-state index contributed by atoms with van der Waals surface area (Å²) in [5, 5.41) is 12.1. The first-order valence-corrected chi connectivity index (χ1v) is 8.18. The van der Waals surface area contributed by atoms with Crippen molar-refractivity contribution in [3.63, 3.8) is 0 Å². The molecule has 0 saturated heterocycles. The maximum atomic E-state index is 12.4. The first-order valence-electron chi connectivity index (χ1n) is 6.38. The Labute approximate surface area is 132 Å². The Morgan fingerprint density at radius 2 is 2.10 bits per heavy atom. The lowest BCUT2D eigenvalue weighted by molar-refractivity contribution is -0.147. The molecule has 5 nitrogen and oxygen atoms in total. The van der Waals surface area contributed by atoms with E-state index in [9.17, 15) is 4.79 Å². The Morgan fingerprint density at radius 1 is 1.38 bits per heavy atom. The fourth-order valence-corrected chi connectivity index (χ4v) is 4.04. The largest absolute Gasteiger partial charge is 0.467 e. The van der Waals surface area contributed by atoms with Crippen LogP contribution in [0.25, 0.3) is 0 Å². The molecule has 1 unspecified atom stereocenters. The highest BCUT2D eigenvalue weighted by atomic mass is 32.2. The molecule has 7 heteroatoms. The third kappa shape index (κ3) is 3.42. The molecule has 0 saturated carbocycles. The molecule has 1 atom stereocenters.